The molecular formula is C32H40F2N4O4S. The predicted octanol–water partition coefficient (Wildman–Crippen LogP) is 4.08. The van der Waals surface area contributed by atoms with Crippen LogP contribution in [0.1, 0.15) is 42.7 Å². The van der Waals surface area contributed by atoms with E-state index in [4.69, 9.17) is 0 Å². The van der Waals surface area contributed by atoms with Crippen LogP contribution < -0.4 is 0 Å². The second kappa shape index (κ2) is 11.5. The third kappa shape index (κ3) is 6.29. The summed E-state index contributed by atoms with van der Waals surface area (Å²) in [5, 5.41) is 0. The fourth-order valence-corrected chi connectivity index (χ4v) is 8.09. The number of rotatable bonds is 6. The summed E-state index contributed by atoms with van der Waals surface area (Å²) in [6.45, 7) is 4.20. The maximum absolute atomic E-state index is 13.8. The summed E-state index contributed by atoms with van der Waals surface area (Å²) in [7, 11) is -3.26. The molecule has 0 saturated carbocycles. The van der Waals surface area contributed by atoms with Crippen LogP contribution in [0.5, 0.6) is 0 Å². The highest BCUT2D eigenvalue weighted by Gasteiger charge is 2.49. The van der Waals surface area contributed by atoms with Crippen molar-refractivity contribution in [3.8, 4) is 0 Å². The van der Waals surface area contributed by atoms with Crippen molar-refractivity contribution in [3.05, 3.63) is 65.7 Å². The molecule has 0 aromatic heterocycles. The van der Waals surface area contributed by atoms with Gasteiger partial charge in [0.2, 0.25) is 5.91 Å². The van der Waals surface area contributed by atoms with Gasteiger partial charge in [-0.05, 0) is 61.5 Å². The Morgan fingerprint density at radius 3 is 2.19 bits per heavy atom. The van der Waals surface area contributed by atoms with Crippen molar-refractivity contribution in [2.45, 2.75) is 49.0 Å². The molecule has 8 nitrogen and oxygen atoms in total. The molecule has 4 aliphatic rings. The highest BCUT2D eigenvalue weighted by Crippen LogP contribution is 2.43. The molecule has 4 heterocycles. The van der Waals surface area contributed by atoms with Gasteiger partial charge in [0.15, 0.2) is 9.84 Å². The van der Waals surface area contributed by atoms with Crippen LogP contribution in [0.2, 0.25) is 0 Å². The van der Waals surface area contributed by atoms with Crippen LogP contribution in [0.3, 0.4) is 0 Å². The van der Waals surface area contributed by atoms with Crippen molar-refractivity contribution >= 4 is 21.8 Å². The quantitative estimate of drug-likeness (QED) is 0.490. The molecular weight excluding hydrogens is 574 g/mol. The third-order valence-corrected chi connectivity index (χ3v) is 11.1. The van der Waals surface area contributed by atoms with Gasteiger partial charge in [-0.15, -0.1) is 0 Å². The van der Waals surface area contributed by atoms with Crippen LogP contribution in [0, 0.1) is 11.3 Å². The van der Waals surface area contributed by atoms with Gasteiger partial charge in [0.1, 0.15) is 0 Å². The van der Waals surface area contributed by atoms with E-state index in [1.54, 1.807) is 29.2 Å². The maximum atomic E-state index is 13.8. The highest BCUT2D eigenvalue weighted by molar-refractivity contribution is 7.90. The average molecular weight is 615 g/mol. The first kappa shape index (κ1) is 30.0. The van der Waals surface area contributed by atoms with Gasteiger partial charge in [-0.1, -0.05) is 42.5 Å². The topological polar surface area (TPSA) is 81.2 Å². The van der Waals surface area contributed by atoms with Gasteiger partial charge >= 0.3 is 6.03 Å². The Hall–Kier alpha value is -3.05. The Balaban J connectivity index is 1.07. The fraction of sp³-hybridized carbons (Fsp3) is 0.562. The number of hydrogen-bond donors (Lipinski definition) is 0. The first-order chi connectivity index (χ1) is 20.4. The molecule has 2 aromatic rings. The molecule has 2 atom stereocenters. The molecule has 0 N–H and O–H groups in total. The number of carbonyl (C=O) groups is 2. The van der Waals surface area contributed by atoms with Gasteiger partial charge < -0.3 is 19.6 Å². The van der Waals surface area contributed by atoms with Gasteiger partial charge in [-0.2, -0.15) is 0 Å². The van der Waals surface area contributed by atoms with Crippen LogP contribution in [-0.2, 0) is 21.2 Å². The predicted molar refractivity (Wildman–Crippen MR) is 158 cm³/mol. The van der Waals surface area contributed by atoms with Gasteiger partial charge in [-0.25, -0.2) is 22.0 Å². The normalized spacial score (nSPS) is 25.7. The third-order valence-electron chi connectivity index (χ3n) is 10.0. The van der Waals surface area contributed by atoms with E-state index in [1.165, 1.54) is 11.2 Å². The maximum Gasteiger partial charge on any atom is 0.320 e. The largest absolute Gasteiger partial charge is 0.338 e. The molecule has 0 aliphatic carbocycles. The molecule has 0 radical (unpaired) electrons. The van der Waals surface area contributed by atoms with E-state index in [2.05, 4.69) is 17.0 Å². The number of carbonyl (C=O) groups excluding carboxylic acids is 2. The van der Waals surface area contributed by atoms with E-state index in [0.717, 1.165) is 50.0 Å². The van der Waals surface area contributed by atoms with E-state index in [1.807, 2.05) is 23.1 Å². The first-order valence-corrected chi connectivity index (χ1v) is 17.1. The van der Waals surface area contributed by atoms with Crippen LogP contribution in [-0.4, -0.2) is 104 Å². The lowest BCUT2D eigenvalue weighted by molar-refractivity contribution is -0.139. The monoisotopic (exact) mass is 614 g/mol. The SMILES string of the molecule is CS(=O)(=O)c1ccc(CN2CCC3(CCN(CC4CN(C(=O)N5CCC(F)(F)C5)CC4c4ccccc4)CC3)C2=O)cc1. The minimum absolute atomic E-state index is 0.0915. The number of amides is 3. The zero-order valence-electron chi connectivity index (χ0n) is 24.6. The fourth-order valence-electron chi connectivity index (χ4n) is 7.45. The van der Waals surface area contributed by atoms with Crippen LogP contribution in [0.4, 0.5) is 13.6 Å². The summed E-state index contributed by atoms with van der Waals surface area (Å²) in [5.41, 5.74) is 1.72. The second-order valence-corrected chi connectivity index (χ2v) is 15.0. The number of piperidine rings is 1. The number of likely N-dealkylation sites (tertiary alicyclic amines) is 4. The number of urea groups is 1. The molecule has 43 heavy (non-hydrogen) atoms. The van der Waals surface area contributed by atoms with Crippen molar-refractivity contribution in [2.75, 3.05) is 58.6 Å². The molecule has 11 heteroatoms. The van der Waals surface area contributed by atoms with Crippen LogP contribution in [0.15, 0.2) is 59.5 Å². The Morgan fingerprint density at radius 2 is 1.56 bits per heavy atom. The number of alkyl halides is 2. The van der Waals surface area contributed by atoms with E-state index in [9.17, 15) is 26.8 Å². The molecule has 2 unspecified atom stereocenters. The number of sulfone groups is 1. The Labute approximate surface area is 252 Å². The van der Waals surface area contributed by atoms with Crippen molar-refractivity contribution in [2.24, 2.45) is 11.3 Å². The summed E-state index contributed by atoms with van der Waals surface area (Å²) in [6.07, 6.45) is 3.29. The molecule has 2 aromatic carbocycles. The summed E-state index contributed by atoms with van der Waals surface area (Å²) in [6, 6.07) is 16.6. The zero-order chi connectivity index (χ0) is 30.4. The lowest BCUT2D eigenvalue weighted by atomic mass is 9.76. The minimum Gasteiger partial charge on any atom is -0.338 e. The van der Waals surface area contributed by atoms with Crippen LogP contribution >= 0.6 is 0 Å². The second-order valence-electron chi connectivity index (χ2n) is 13.0. The molecule has 0 bridgehead atoms. The highest BCUT2D eigenvalue weighted by atomic mass is 32.2. The number of hydrogen-bond acceptors (Lipinski definition) is 5. The molecule has 1 spiro atoms. The molecule has 4 fully saturated rings. The number of nitrogens with zero attached hydrogens (tertiary/aromatic N) is 4. The molecule has 6 rings (SSSR count). The number of halogens is 2. The lowest BCUT2D eigenvalue weighted by Gasteiger charge is -2.39. The number of benzene rings is 2. The van der Waals surface area contributed by atoms with E-state index < -0.39 is 22.3 Å². The summed E-state index contributed by atoms with van der Waals surface area (Å²) in [4.78, 5) is 34.5. The Kier molecular flexibility index (Phi) is 8.00. The van der Waals surface area contributed by atoms with Gasteiger partial charge in [0, 0.05) is 57.9 Å². The Morgan fingerprint density at radius 1 is 0.884 bits per heavy atom. The Bertz CT molecular complexity index is 1450. The molecule has 232 valence electrons. The lowest BCUT2D eigenvalue weighted by Crippen LogP contribution is -2.46. The zero-order valence-corrected chi connectivity index (χ0v) is 25.4. The smallest absolute Gasteiger partial charge is 0.320 e. The molecule has 4 aliphatic heterocycles. The summed E-state index contributed by atoms with van der Waals surface area (Å²) < 4.78 is 51.2. The van der Waals surface area contributed by atoms with E-state index in [0.29, 0.717) is 26.2 Å². The summed E-state index contributed by atoms with van der Waals surface area (Å²) >= 11 is 0. The standard InChI is InChI=1S/C32H40F2N4O4S/c1-43(41,42)27-9-7-24(8-10-27)19-36-17-13-31(29(36)39)11-15-35(16-12-31)20-26-21-38(22-28(26)25-5-3-2-4-6-25)30(40)37-18-14-32(33,34)23-37/h2-10,26,28H,11-23H2,1H3. The molecule has 4 saturated heterocycles. The molecule has 3 amide bonds. The van der Waals surface area contributed by atoms with Crippen molar-refractivity contribution < 1.29 is 26.8 Å². The van der Waals surface area contributed by atoms with Crippen molar-refractivity contribution in [1.29, 1.82) is 0 Å². The van der Waals surface area contributed by atoms with Crippen molar-refractivity contribution in [3.63, 3.8) is 0 Å². The van der Waals surface area contributed by atoms with Crippen molar-refractivity contribution in [1.82, 2.24) is 19.6 Å². The van der Waals surface area contributed by atoms with Gasteiger partial charge in [-0.3, -0.25) is 4.79 Å². The van der Waals surface area contributed by atoms with Gasteiger partial charge in [0.25, 0.3) is 5.92 Å². The van der Waals surface area contributed by atoms with E-state index >= 15 is 0 Å². The van der Waals surface area contributed by atoms with Gasteiger partial charge in [0.05, 0.1) is 16.9 Å². The summed E-state index contributed by atoms with van der Waals surface area (Å²) in [5.74, 6) is -2.33. The van der Waals surface area contributed by atoms with Crippen LogP contribution in [0.25, 0.3) is 0 Å². The van der Waals surface area contributed by atoms with E-state index in [-0.39, 0.29) is 47.1 Å². The first-order valence-electron chi connectivity index (χ1n) is 15.2. The minimum atomic E-state index is -3.26. The average Bonchev–Trinajstić information content (AvgIpc) is 3.66.